The van der Waals surface area contributed by atoms with Gasteiger partial charge in [-0.1, -0.05) is 30.3 Å². The van der Waals surface area contributed by atoms with Crippen molar-refractivity contribution in [2.45, 2.75) is 32.4 Å². The zero-order chi connectivity index (χ0) is 17.1. The van der Waals surface area contributed by atoms with Crippen LogP contribution in [0.4, 0.5) is 10.1 Å². The fraction of sp³-hybridized carbons (Fsp3) is 0.350. The number of fused-ring (bicyclic) bond motifs is 1. The molecule has 2 aromatic rings. The van der Waals surface area contributed by atoms with Crippen LogP contribution in [0, 0.1) is 5.82 Å². The minimum absolute atomic E-state index is 0.117. The number of amides is 1. The van der Waals surface area contributed by atoms with Crippen molar-refractivity contribution in [2.24, 2.45) is 0 Å². The van der Waals surface area contributed by atoms with Gasteiger partial charge in [-0.15, -0.1) is 0 Å². The van der Waals surface area contributed by atoms with Crippen molar-refractivity contribution in [3.05, 3.63) is 65.5 Å². The van der Waals surface area contributed by atoms with Crippen LogP contribution < -0.4 is 4.90 Å². The number of carbonyl (C=O) groups is 1. The molecule has 1 atom stereocenters. The van der Waals surface area contributed by atoms with Crippen molar-refractivity contribution in [2.75, 3.05) is 18.5 Å². The Hall–Kier alpha value is -2.20. The van der Waals surface area contributed by atoms with E-state index in [0.29, 0.717) is 6.54 Å². The Balaban J connectivity index is 1.71. The molecule has 3 nitrogen and oxygen atoms in total. The lowest BCUT2D eigenvalue weighted by molar-refractivity contribution is -0.123. The monoisotopic (exact) mass is 326 g/mol. The van der Waals surface area contributed by atoms with Crippen LogP contribution in [0.2, 0.25) is 0 Å². The van der Waals surface area contributed by atoms with Gasteiger partial charge in [0.1, 0.15) is 5.82 Å². The van der Waals surface area contributed by atoms with E-state index < -0.39 is 0 Å². The fourth-order valence-corrected chi connectivity index (χ4v) is 3.19. The minimum atomic E-state index is -0.240. The molecule has 1 aliphatic heterocycles. The lowest BCUT2D eigenvalue weighted by Gasteiger charge is -2.34. The smallest absolute Gasteiger partial charge is 0.244 e. The number of likely N-dealkylation sites (N-methyl/N-ethyl adjacent to an activating group) is 1. The van der Waals surface area contributed by atoms with E-state index in [1.54, 1.807) is 12.1 Å². The third-order valence-electron chi connectivity index (χ3n) is 4.74. The highest BCUT2D eigenvalue weighted by atomic mass is 19.1. The van der Waals surface area contributed by atoms with E-state index in [4.69, 9.17) is 0 Å². The lowest BCUT2D eigenvalue weighted by atomic mass is 10.0. The molecule has 0 N–H and O–H groups in total. The summed E-state index contributed by atoms with van der Waals surface area (Å²) in [6.07, 6.45) is 2.02. The van der Waals surface area contributed by atoms with Gasteiger partial charge in [0.25, 0.3) is 0 Å². The van der Waals surface area contributed by atoms with Crippen molar-refractivity contribution in [3.63, 3.8) is 0 Å². The normalized spacial score (nSPS) is 15.2. The molecule has 0 saturated heterocycles. The van der Waals surface area contributed by atoms with E-state index in [2.05, 4.69) is 6.07 Å². The number of aryl methyl sites for hydroxylation is 1. The maximum absolute atomic E-state index is 13.0. The van der Waals surface area contributed by atoms with E-state index >= 15 is 0 Å². The quantitative estimate of drug-likeness (QED) is 0.857. The van der Waals surface area contributed by atoms with Gasteiger partial charge in [0.15, 0.2) is 0 Å². The summed E-state index contributed by atoms with van der Waals surface area (Å²) < 4.78 is 13.0. The molecule has 1 aliphatic rings. The SMILES string of the molecule is C[C@@H](C(=O)N1CCCc2ccccc21)N(C)Cc1ccc(F)cc1. The molecule has 1 heterocycles. The Bertz CT molecular complexity index is 714. The van der Waals surface area contributed by atoms with Gasteiger partial charge in [0.05, 0.1) is 6.04 Å². The molecule has 1 amide bonds. The predicted molar refractivity (Wildman–Crippen MR) is 94.4 cm³/mol. The number of benzene rings is 2. The van der Waals surface area contributed by atoms with Gasteiger partial charge in [-0.25, -0.2) is 4.39 Å². The summed E-state index contributed by atoms with van der Waals surface area (Å²) >= 11 is 0. The molecule has 0 saturated carbocycles. The minimum Gasteiger partial charge on any atom is -0.311 e. The highest BCUT2D eigenvalue weighted by molar-refractivity contribution is 5.97. The molecular formula is C20H23FN2O. The van der Waals surface area contributed by atoms with Crippen molar-refractivity contribution in [1.29, 1.82) is 0 Å². The number of anilines is 1. The Morgan fingerprint density at radius 3 is 2.67 bits per heavy atom. The molecule has 4 heteroatoms. The number of carbonyl (C=O) groups excluding carboxylic acids is 1. The molecule has 3 rings (SSSR count). The van der Waals surface area contributed by atoms with Crippen LogP contribution in [0.1, 0.15) is 24.5 Å². The summed E-state index contributed by atoms with van der Waals surface area (Å²) in [7, 11) is 1.93. The first-order chi connectivity index (χ1) is 11.6. The predicted octanol–water partition coefficient (Wildman–Crippen LogP) is 3.63. The van der Waals surface area contributed by atoms with Crippen LogP contribution in [0.15, 0.2) is 48.5 Å². The zero-order valence-electron chi connectivity index (χ0n) is 14.2. The third kappa shape index (κ3) is 3.49. The summed E-state index contributed by atoms with van der Waals surface area (Å²) in [5.41, 5.74) is 3.28. The van der Waals surface area contributed by atoms with Crippen LogP contribution >= 0.6 is 0 Å². The Morgan fingerprint density at radius 2 is 1.92 bits per heavy atom. The van der Waals surface area contributed by atoms with Crippen LogP contribution in [0.3, 0.4) is 0 Å². The van der Waals surface area contributed by atoms with Gasteiger partial charge < -0.3 is 4.90 Å². The van der Waals surface area contributed by atoms with E-state index in [9.17, 15) is 9.18 Å². The van der Waals surface area contributed by atoms with E-state index in [1.165, 1.54) is 17.7 Å². The molecule has 0 bridgehead atoms. The van der Waals surface area contributed by atoms with Gasteiger partial charge in [-0.3, -0.25) is 9.69 Å². The van der Waals surface area contributed by atoms with Gasteiger partial charge in [-0.05, 0) is 56.1 Å². The second kappa shape index (κ2) is 7.14. The maximum Gasteiger partial charge on any atom is 0.244 e. The molecule has 0 unspecified atom stereocenters. The van der Waals surface area contributed by atoms with E-state index in [-0.39, 0.29) is 17.8 Å². The van der Waals surface area contributed by atoms with Crippen LogP contribution in [0.25, 0.3) is 0 Å². The lowest BCUT2D eigenvalue weighted by Crippen LogP contribution is -2.47. The van der Waals surface area contributed by atoms with E-state index in [1.807, 2.05) is 42.0 Å². The Morgan fingerprint density at radius 1 is 1.21 bits per heavy atom. The second-order valence-electron chi connectivity index (χ2n) is 6.44. The number of halogens is 1. The van der Waals surface area contributed by atoms with Crippen LogP contribution in [0.5, 0.6) is 0 Å². The zero-order valence-corrected chi connectivity index (χ0v) is 14.2. The van der Waals surface area contributed by atoms with E-state index in [0.717, 1.165) is 30.6 Å². The second-order valence-corrected chi connectivity index (χ2v) is 6.44. The topological polar surface area (TPSA) is 23.6 Å². The molecule has 2 aromatic carbocycles. The molecule has 0 aliphatic carbocycles. The first-order valence-electron chi connectivity index (χ1n) is 8.40. The van der Waals surface area contributed by atoms with Crippen molar-refractivity contribution < 1.29 is 9.18 Å². The molecule has 0 fully saturated rings. The molecule has 0 aromatic heterocycles. The maximum atomic E-state index is 13.0. The van der Waals surface area contributed by atoms with Gasteiger partial charge in [0, 0.05) is 18.8 Å². The van der Waals surface area contributed by atoms with Gasteiger partial charge >= 0.3 is 0 Å². The Kier molecular flexibility index (Phi) is 4.95. The summed E-state index contributed by atoms with van der Waals surface area (Å²) in [6, 6.07) is 14.3. The van der Waals surface area contributed by atoms with Crippen LogP contribution in [-0.2, 0) is 17.8 Å². The summed E-state index contributed by atoms with van der Waals surface area (Å²) in [5.74, 6) is -0.123. The molecule has 126 valence electrons. The number of nitrogens with zero attached hydrogens (tertiary/aromatic N) is 2. The van der Waals surface area contributed by atoms with Crippen molar-refractivity contribution in [1.82, 2.24) is 4.90 Å². The average molecular weight is 326 g/mol. The number of rotatable bonds is 4. The summed E-state index contributed by atoms with van der Waals surface area (Å²) in [5, 5.41) is 0. The van der Waals surface area contributed by atoms with Crippen molar-refractivity contribution in [3.8, 4) is 0 Å². The first kappa shape index (κ1) is 16.7. The summed E-state index contributed by atoms with van der Waals surface area (Å²) in [4.78, 5) is 16.9. The summed E-state index contributed by atoms with van der Waals surface area (Å²) in [6.45, 7) is 3.32. The highest BCUT2D eigenvalue weighted by Crippen LogP contribution is 2.27. The number of hydrogen-bond acceptors (Lipinski definition) is 2. The average Bonchev–Trinajstić information content (AvgIpc) is 2.62. The number of hydrogen-bond donors (Lipinski definition) is 0. The molecular weight excluding hydrogens is 303 g/mol. The number of para-hydroxylation sites is 1. The van der Waals surface area contributed by atoms with Gasteiger partial charge in [0.2, 0.25) is 5.91 Å². The third-order valence-corrected chi connectivity index (χ3v) is 4.74. The van der Waals surface area contributed by atoms with Gasteiger partial charge in [-0.2, -0.15) is 0 Å². The molecule has 0 spiro atoms. The molecule has 24 heavy (non-hydrogen) atoms. The highest BCUT2D eigenvalue weighted by Gasteiger charge is 2.28. The first-order valence-corrected chi connectivity index (χ1v) is 8.40. The van der Waals surface area contributed by atoms with Crippen molar-refractivity contribution >= 4 is 11.6 Å². The fourth-order valence-electron chi connectivity index (χ4n) is 3.19. The molecule has 0 radical (unpaired) electrons. The standard InChI is InChI=1S/C20H23FN2O/c1-15(22(2)14-16-9-11-18(21)12-10-16)20(24)23-13-5-7-17-6-3-4-8-19(17)23/h3-4,6,8-12,15H,5,7,13-14H2,1-2H3/t15-/m0/s1. The largest absolute Gasteiger partial charge is 0.311 e. The van der Waals surface area contributed by atoms with Crippen LogP contribution in [-0.4, -0.2) is 30.4 Å². The Labute approximate surface area is 142 Å².